The number of carbonyl (C=O) groups excluding carboxylic acids is 1. The molecule has 0 spiro atoms. The Morgan fingerprint density at radius 1 is 1.29 bits per heavy atom. The predicted octanol–water partition coefficient (Wildman–Crippen LogP) is 2.45. The number of allylic oxidation sites excluding steroid dienone is 1. The number of nitrogens with zero attached hydrogens (tertiary/aromatic N) is 3. The van der Waals surface area contributed by atoms with Crippen LogP contribution in [0.4, 0.5) is 0 Å². The average molecular weight is 391 g/mol. The zero-order chi connectivity index (χ0) is 20.7. The van der Waals surface area contributed by atoms with E-state index >= 15 is 0 Å². The fraction of sp³-hybridized carbons (Fsp3) is 0.474. The monoisotopic (exact) mass is 391 g/mol. The van der Waals surface area contributed by atoms with Crippen LogP contribution in [0.1, 0.15) is 32.3 Å². The molecular formula is C19H25N3O6. The maximum atomic E-state index is 12.6. The van der Waals surface area contributed by atoms with Crippen molar-refractivity contribution in [1.29, 1.82) is 0 Å². The molecule has 1 atom stereocenters. The molecule has 0 saturated carbocycles. The fourth-order valence-corrected chi connectivity index (χ4v) is 3.09. The van der Waals surface area contributed by atoms with Crippen LogP contribution >= 0.6 is 0 Å². The molecule has 1 unspecified atom stereocenters. The van der Waals surface area contributed by atoms with Crippen molar-refractivity contribution < 1.29 is 23.9 Å². The van der Waals surface area contributed by atoms with E-state index in [-0.39, 0.29) is 23.6 Å². The van der Waals surface area contributed by atoms with Crippen molar-refractivity contribution in [2.24, 2.45) is 0 Å². The summed E-state index contributed by atoms with van der Waals surface area (Å²) in [6.07, 6.45) is 3.65. The summed E-state index contributed by atoms with van der Waals surface area (Å²) in [6.45, 7) is 6.00. The number of hydrogen-bond acceptors (Lipinski definition) is 8. The number of esters is 1. The second-order valence-electron chi connectivity index (χ2n) is 5.91. The summed E-state index contributed by atoms with van der Waals surface area (Å²) in [7, 11) is 1.61. The molecule has 1 aromatic rings. The molecule has 2 rings (SSSR count). The number of pyridine rings is 1. The van der Waals surface area contributed by atoms with Gasteiger partial charge in [-0.2, -0.15) is 0 Å². The standard InChI is InChI=1S/C19H25N3O6/c1-5-26-18(23)14-12-21(4)17(19(27-6-2)28-7-3)16(22(24)25)15(14)13-9-8-10-20-11-13/h8-12,15,19H,5-7H2,1-4H3. The van der Waals surface area contributed by atoms with Gasteiger partial charge in [0.15, 0.2) is 0 Å². The number of likely N-dealkylation sites (N-methyl/N-ethyl adjacent to an activating group) is 1. The van der Waals surface area contributed by atoms with Gasteiger partial charge in [-0.25, -0.2) is 4.79 Å². The number of rotatable bonds is 9. The van der Waals surface area contributed by atoms with E-state index in [4.69, 9.17) is 14.2 Å². The minimum absolute atomic E-state index is 0.152. The zero-order valence-corrected chi connectivity index (χ0v) is 16.5. The minimum Gasteiger partial charge on any atom is -0.463 e. The first kappa shape index (κ1) is 21.5. The molecule has 0 amide bonds. The highest BCUT2D eigenvalue weighted by Gasteiger charge is 2.44. The van der Waals surface area contributed by atoms with Crippen LogP contribution in [-0.4, -0.2) is 53.9 Å². The first-order chi connectivity index (χ1) is 13.5. The largest absolute Gasteiger partial charge is 0.463 e. The molecule has 1 aromatic heterocycles. The SMILES string of the molecule is CCOC(=O)C1=CN(C)C(C(OCC)OCC)=C([N+](=O)[O-])C1c1cccnc1. The Labute approximate surface area is 163 Å². The van der Waals surface area contributed by atoms with Gasteiger partial charge in [-0.15, -0.1) is 0 Å². The van der Waals surface area contributed by atoms with Crippen molar-refractivity contribution in [3.63, 3.8) is 0 Å². The first-order valence-corrected chi connectivity index (χ1v) is 9.09. The molecule has 2 heterocycles. The average Bonchev–Trinajstić information content (AvgIpc) is 2.67. The molecule has 0 aromatic carbocycles. The Morgan fingerprint density at radius 3 is 2.46 bits per heavy atom. The number of nitro groups is 1. The zero-order valence-electron chi connectivity index (χ0n) is 16.5. The van der Waals surface area contributed by atoms with E-state index in [0.717, 1.165) is 0 Å². The minimum atomic E-state index is -0.961. The van der Waals surface area contributed by atoms with E-state index in [0.29, 0.717) is 18.8 Å². The van der Waals surface area contributed by atoms with Gasteiger partial charge in [0.2, 0.25) is 6.29 Å². The number of carbonyl (C=O) groups is 1. The smallest absolute Gasteiger partial charge is 0.336 e. The van der Waals surface area contributed by atoms with E-state index in [1.807, 2.05) is 0 Å². The molecule has 9 heteroatoms. The first-order valence-electron chi connectivity index (χ1n) is 9.09. The van der Waals surface area contributed by atoms with Gasteiger partial charge in [-0.05, 0) is 32.4 Å². The summed E-state index contributed by atoms with van der Waals surface area (Å²) in [5.41, 5.74) is 0.689. The molecule has 0 radical (unpaired) electrons. The molecule has 0 aliphatic carbocycles. The molecule has 1 aliphatic rings. The summed E-state index contributed by atoms with van der Waals surface area (Å²) < 4.78 is 16.4. The molecule has 9 nitrogen and oxygen atoms in total. The maximum absolute atomic E-state index is 12.6. The molecule has 28 heavy (non-hydrogen) atoms. The van der Waals surface area contributed by atoms with Gasteiger partial charge in [0.1, 0.15) is 11.6 Å². The molecular weight excluding hydrogens is 366 g/mol. The van der Waals surface area contributed by atoms with Crippen molar-refractivity contribution in [1.82, 2.24) is 9.88 Å². The Hall–Kier alpha value is -2.78. The number of ether oxygens (including phenoxy) is 3. The van der Waals surface area contributed by atoms with Crippen molar-refractivity contribution in [2.45, 2.75) is 33.0 Å². The van der Waals surface area contributed by atoms with Crippen LogP contribution < -0.4 is 0 Å². The van der Waals surface area contributed by atoms with Crippen LogP contribution in [0, 0.1) is 10.1 Å². The second kappa shape index (κ2) is 9.95. The van der Waals surface area contributed by atoms with E-state index in [1.54, 1.807) is 46.1 Å². The Balaban J connectivity index is 2.70. The molecule has 0 fully saturated rings. The lowest BCUT2D eigenvalue weighted by molar-refractivity contribution is -0.433. The van der Waals surface area contributed by atoms with Crippen molar-refractivity contribution >= 4 is 5.97 Å². The molecule has 152 valence electrons. The Bertz CT molecular complexity index is 756. The van der Waals surface area contributed by atoms with Crippen LogP contribution in [-0.2, 0) is 19.0 Å². The van der Waals surface area contributed by atoms with Gasteiger partial charge in [-0.1, -0.05) is 6.07 Å². The van der Waals surface area contributed by atoms with Gasteiger partial charge in [0.05, 0.1) is 17.1 Å². The van der Waals surface area contributed by atoms with Crippen LogP contribution in [0.25, 0.3) is 0 Å². The highest BCUT2D eigenvalue weighted by Crippen LogP contribution is 2.40. The summed E-state index contributed by atoms with van der Waals surface area (Å²) in [4.78, 5) is 29.8. The van der Waals surface area contributed by atoms with Crippen LogP contribution in [0.2, 0.25) is 0 Å². The molecule has 0 saturated heterocycles. The quantitative estimate of drug-likeness (QED) is 0.274. The summed E-state index contributed by atoms with van der Waals surface area (Å²) in [6, 6.07) is 3.35. The summed E-state index contributed by atoms with van der Waals surface area (Å²) >= 11 is 0. The van der Waals surface area contributed by atoms with Gasteiger partial charge >= 0.3 is 5.97 Å². The third-order valence-corrected chi connectivity index (χ3v) is 4.14. The van der Waals surface area contributed by atoms with E-state index in [1.165, 1.54) is 17.3 Å². The lowest BCUT2D eigenvalue weighted by atomic mass is 9.86. The van der Waals surface area contributed by atoms with Crippen LogP contribution in [0.5, 0.6) is 0 Å². The van der Waals surface area contributed by atoms with E-state index in [2.05, 4.69) is 4.98 Å². The summed E-state index contributed by atoms with van der Waals surface area (Å²) in [5, 5.41) is 12.1. The highest BCUT2D eigenvalue weighted by atomic mass is 16.7. The lowest BCUT2D eigenvalue weighted by Crippen LogP contribution is -2.37. The fourth-order valence-electron chi connectivity index (χ4n) is 3.09. The van der Waals surface area contributed by atoms with Crippen molar-refractivity contribution in [3.05, 3.63) is 63.4 Å². The van der Waals surface area contributed by atoms with Crippen LogP contribution in [0.3, 0.4) is 0 Å². The topological polar surface area (TPSA) is 104 Å². The third-order valence-electron chi connectivity index (χ3n) is 4.14. The number of aromatic nitrogens is 1. The Morgan fingerprint density at radius 2 is 1.96 bits per heavy atom. The second-order valence-corrected chi connectivity index (χ2v) is 5.91. The van der Waals surface area contributed by atoms with Gasteiger partial charge in [0.25, 0.3) is 5.70 Å². The van der Waals surface area contributed by atoms with Crippen molar-refractivity contribution in [3.8, 4) is 0 Å². The van der Waals surface area contributed by atoms with Crippen molar-refractivity contribution in [2.75, 3.05) is 26.9 Å². The third kappa shape index (κ3) is 4.55. The molecule has 0 bridgehead atoms. The van der Waals surface area contributed by atoms with Gasteiger partial charge in [0, 0.05) is 38.9 Å². The predicted molar refractivity (Wildman–Crippen MR) is 101 cm³/mol. The Kier molecular flexibility index (Phi) is 7.65. The molecule has 0 N–H and O–H groups in total. The summed E-state index contributed by atoms with van der Waals surface area (Å²) in [5.74, 6) is -1.58. The van der Waals surface area contributed by atoms with Crippen LogP contribution in [0.15, 0.2) is 47.7 Å². The maximum Gasteiger partial charge on any atom is 0.336 e. The van der Waals surface area contributed by atoms with E-state index in [9.17, 15) is 14.9 Å². The number of hydrogen-bond donors (Lipinski definition) is 0. The van der Waals surface area contributed by atoms with Gasteiger partial charge < -0.3 is 19.1 Å². The normalized spacial score (nSPS) is 17.0. The lowest BCUT2D eigenvalue weighted by Gasteiger charge is -2.32. The molecule has 1 aliphatic heterocycles. The van der Waals surface area contributed by atoms with E-state index < -0.39 is 23.1 Å². The highest BCUT2D eigenvalue weighted by molar-refractivity contribution is 5.91. The van der Waals surface area contributed by atoms with Gasteiger partial charge in [-0.3, -0.25) is 15.1 Å².